The molecule has 2 rings (SSSR count). The number of rotatable bonds is 3. The van der Waals surface area contributed by atoms with Gasteiger partial charge in [0.15, 0.2) is 0 Å². The average Bonchev–Trinajstić information content (AvgIpc) is 2.72. The maximum absolute atomic E-state index is 5.80. The van der Waals surface area contributed by atoms with Crippen molar-refractivity contribution in [3.8, 4) is 0 Å². The Morgan fingerprint density at radius 2 is 2.53 bits per heavy atom. The summed E-state index contributed by atoms with van der Waals surface area (Å²) >= 11 is 0. The highest BCUT2D eigenvalue weighted by atomic mass is 16.5. The third kappa shape index (κ3) is 2.40. The minimum Gasteiger partial charge on any atom is -0.468 e. The summed E-state index contributed by atoms with van der Waals surface area (Å²) in [6, 6.07) is 4.07. The lowest BCUT2D eigenvalue weighted by Gasteiger charge is -2.35. The van der Waals surface area contributed by atoms with Crippen molar-refractivity contribution in [1.82, 2.24) is 4.90 Å². The zero-order valence-electron chi connectivity index (χ0n) is 9.06. The summed E-state index contributed by atoms with van der Waals surface area (Å²) in [5.74, 6) is 0.951. The quantitative estimate of drug-likeness (QED) is 0.808. The molecule has 1 aliphatic rings. The lowest BCUT2D eigenvalue weighted by Crippen LogP contribution is -2.45. The van der Waals surface area contributed by atoms with Crippen LogP contribution in [0, 0.1) is 0 Å². The fraction of sp³-hybridized carbons (Fsp3) is 0.636. The molecule has 84 valence electrons. The van der Waals surface area contributed by atoms with E-state index in [1.54, 1.807) is 6.26 Å². The molecule has 0 aromatic carbocycles. The minimum absolute atomic E-state index is 0.186. The van der Waals surface area contributed by atoms with Crippen LogP contribution in [0.2, 0.25) is 0 Å². The van der Waals surface area contributed by atoms with E-state index in [1.165, 1.54) is 0 Å². The van der Waals surface area contributed by atoms with E-state index in [9.17, 15) is 0 Å². The van der Waals surface area contributed by atoms with Crippen LogP contribution in [0.1, 0.15) is 18.7 Å². The molecule has 2 N–H and O–H groups in total. The number of morpholine rings is 1. The fourth-order valence-corrected chi connectivity index (χ4v) is 2.05. The lowest BCUT2D eigenvalue weighted by molar-refractivity contribution is -0.0361. The van der Waals surface area contributed by atoms with Crippen LogP contribution >= 0.6 is 0 Å². The van der Waals surface area contributed by atoms with E-state index in [1.807, 2.05) is 12.1 Å². The number of nitrogens with zero attached hydrogens (tertiary/aromatic N) is 1. The predicted octanol–water partition coefficient (Wildman–Crippen LogP) is 1.00. The third-order valence-electron chi connectivity index (χ3n) is 2.81. The molecule has 0 amide bonds. The Morgan fingerprint density at radius 1 is 1.67 bits per heavy atom. The van der Waals surface area contributed by atoms with E-state index < -0.39 is 0 Å². The molecule has 0 aliphatic carbocycles. The SMILES string of the molecule is CC1CN(C(CN)c2ccco2)CCO1. The molecule has 0 spiro atoms. The smallest absolute Gasteiger partial charge is 0.122 e. The summed E-state index contributed by atoms with van der Waals surface area (Å²) in [6.45, 7) is 5.29. The van der Waals surface area contributed by atoms with Gasteiger partial charge in [0.05, 0.1) is 25.0 Å². The van der Waals surface area contributed by atoms with Gasteiger partial charge in [-0.25, -0.2) is 0 Å². The second kappa shape index (κ2) is 4.79. The number of hydrogen-bond donors (Lipinski definition) is 1. The summed E-state index contributed by atoms with van der Waals surface area (Å²) in [5.41, 5.74) is 5.80. The minimum atomic E-state index is 0.186. The number of nitrogens with two attached hydrogens (primary N) is 1. The van der Waals surface area contributed by atoms with E-state index in [0.717, 1.165) is 25.5 Å². The molecule has 0 radical (unpaired) electrons. The van der Waals surface area contributed by atoms with Crippen molar-refractivity contribution in [2.45, 2.75) is 19.1 Å². The van der Waals surface area contributed by atoms with Crippen molar-refractivity contribution in [2.24, 2.45) is 5.73 Å². The van der Waals surface area contributed by atoms with Gasteiger partial charge in [-0.2, -0.15) is 0 Å². The molecule has 4 nitrogen and oxygen atoms in total. The van der Waals surface area contributed by atoms with Gasteiger partial charge in [0.1, 0.15) is 5.76 Å². The Morgan fingerprint density at radius 3 is 3.13 bits per heavy atom. The first-order chi connectivity index (χ1) is 7.31. The van der Waals surface area contributed by atoms with E-state index in [0.29, 0.717) is 6.54 Å². The first kappa shape index (κ1) is 10.7. The van der Waals surface area contributed by atoms with Gasteiger partial charge in [0.25, 0.3) is 0 Å². The van der Waals surface area contributed by atoms with E-state index in [2.05, 4.69) is 11.8 Å². The van der Waals surface area contributed by atoms with Gasteiger partial charge in [-0.05, 0) is 19.1 Å². The molecule has 1 aromatic rings. The van der Waals surface area contributed by atoms with Gasteiger partial charge >= 0.3 is 0 Å². The maximum atomic E-state index is 5.80. The normalized spacial score (nSPS) is 25.3. The lowest BCUT2D eigenvalue weighted by atomic mass is 10.1. The van der Waals surface area contributed by atoms with Crippen LogP contribution in [0.5, 0.6) is 0 Å². The molecule has 1 fully saturated rings. The highest BCUT2D eigenvalue weighted by Crippen LogP contribution is 2.22. The van der Waals surface area contributed by atoms with Crippen molar-refractivity contribution in [3.05, 3.63) is 24.2 Å². The Labute approximate surface area is 90.0 Å². The second-order valence-corrected chi connectivity index (χ2v) is 3.94. The number of furan rings is 1. The summed E-state index contributed by atoms with van der Waals surface area (Å²) in [5, 5.41) is 0. The van der Waals surface area contributed by atoms with Crippen molar-refractivity contribution in [1.29, 1.82) is 0 Å². The van der Waals surface area contributed by atoms with E-state index >= 15 is 0 Å². The molecule has 1 aliphatic heterocycles. The van der Waals surface area contributed by atoms with Gasteiger partial charge in [-0.1, -0.05) is 0 Å². The molecule has 0 saturated carbocycles. The van der Waals surface area contributed by atoms with Gasteiger partial charge in [0, 0.05) is 19.6 Å². The molecule has 15 heavy (non-hydrogen) atoms. The largest absolute Gasteiger partial charge is 0.468 e. The van der Waals surface area contributed by atoms with Crippen LogP contribution in [0.15, 0.2) is 22.8 Å². The van der Waals surface area contributed by atoms with Crippen LogP contribution in [-0.4, -0.2) is 37.2 Å². The van der Waals surface area contributed by atoms with Gasteiger partial charge in [0.2, 0.25) is 0 Å². The molecule has 1 aromatic heterocycles. The van der Waals surface area contributed by atoms with E-state index in [-0.39, 0.29) is 12.1 Å². The second-order valence-electron chi connectivity index (χ2n) is 3.94. The Kier molecular flexibility index (Phi) is 3.41. The highest BCUT2D eigenvalue weighted by Gasteiger charge is 2.25. The molecule has 2 atom stereocenters. The molecule has 2 unspecified atom stereocenters. The number of ether oxygens (including phenoxy) is 1. The standard InChI is InChI=1S/C11H18N2O2/c1-9-8-13(4-6-14-9)10(7-12)11-3-2-5-15-11/h2-3,5,9-10H,4,6-8,12H2,1H3. The highest BCUT2D eigenvalue weighted by molar-refractivity contribution is 5.05. The Bertz CT molecular complexity index is 287. The topological polar surface area (TPSA) is 51.6 Å². The van der Waals surface area contributed by atoms with Crippen LogP contribution in [0.3, 0.4) is 0 Å². The Balaban J connectivity index is 2.06. The molecule has 2 heterocycles. The van der Waals surface area contributed by atoms with Crippen molar-refractivity contribution in [3.63, 3.8) is 0 Å². The zero-order valence-corrected chi connectivity index (χ0v) is 9.06. The summed E-state index contributed by atoms with van der Waals surface area (Å²) < 4.78 is 10.9. The molecule has 0 bridgehead atoms. The maximum Gasteiger partial charge on any atom is 0.122 e. The summed E-state index contributed by atoms with van der Waals surface area (Å²) in [6.07, 6.45) is 1.98. The molecule has 4 heteroatoms. The van der Waals surface area contributed by atoms with Crippen LogP contribution in [0.25, 0.3) is 0 Å². The van der Waals surface area contributed by atoms with Crippen LogP contribution in [-0.2, 0) is 4.74 Å². The van der Waals surface area contributed by atoms with Crippen LogP contribution in [0.4, 0.5) is 0 Å². The van der Waals surface area contributed by atoms with Crippen LogP contribution < -0.4 is 5.73 Å². The summed E-state index contributed by atoms with van der Waals surface area (Å²) in [4.78, 5) is 2.33. The first-order valence-electron chi connectivity index (χ1n) is 5.40. The predicted molar refractivity (Wildman–Crippen MR) is 57.5 cm³/mol. The molecule has 1 saturated heterocycles. The van der Waals surface area contributed by atoms with E-state index in [4.69, 9.17) is 14.9 Å². The van der Waals surface area contributed by atoms with Crippen molar-refractivity contribution < 1.29 is 9.15 Å². The number of hydrogen-bond acceptors (Lipinski definition) is 4. The molecular formula is C11H18N2O2. The van der Waals surface area contributed by atoms with Crippen molar-refractivity contribution in [2.75, 3.05) is 26.2 Å². The van der Waals surface area contributed by atoms with Gasteiger partial charge < -0.3 is 14.9 Å². The van der Waals surface area contributed by atoms with Gasteiger partial charge in [-0.3, -0.25) is 4.90 Å². The zero-order chi connectivity index (χ0) is 10.7. The summed E-state index contributed by atoms with van der Waals surface area (Å²) in [7, 11) is 0. The average molecular weight is 210 g/mol. The fourth-order valence-electron chi connectivity index (χ4n) is 2.05. The molecular weight excluding hydrogens is 192 g/mol. The van der Waals surface area contributed by atoms with Crippen molar-refractivity contribution >= 4 is 0 Å². The Hall–Kier alpha value is -0.840. The van der Waals surface area contributed by atoms with Gasteiger partial charge in [-0.15, -0.1) is 0 Å². The monoisotopic (exact) mass is 210 g/mol. The first-order valence-corrected chi connectivity index (χ1v) is 5.40. The third-order valence-corrected chi connectivity index (χ3v) is 2.81.